The van der Waals surface area contributed by atoms with Crippen LogP contribution in [0.25, 0.3) is 0 Å². The lowest BCUT2D eigenvalue weighted by Gasteiger charge is -2.37. The largest absolute Gasteiger partial charge is 0.416 e. The summed E-state index contributed by atoms with van der Waals surface area (Å²) in [5.74, 6) is 0. The number of rotatable bonds is 2. The molecule has 0 aliphatic carbocycles. The fourth-order valence-corrected chi connectivity index (χ4v) is 2.40. The first-order valence-electron chi connectivity index (χ1n) is 5.91. The minimum atomic E-state index is -4.28. The van der Waals surface area contributed by atoms with E-state index in [1.54, 1.807) is 7.11 Å². The standard InChI is InChI=1S/C13H16F3NO/c1-18-12(6-8-17-9-7-12)10-2-4-11(5-3-10)13(14,15)16/h2-5,17H,6-9H2,1H3. The number of hydrogen-bond donors (Lipinski definition) is 1. The summed E-state index contributed by atoms with van der Waals surface area (Å²) < 4.78 is 43.1. The number of piperidine rings is 1. The number of halogens is 3. The second kappa shape index (κ2) is 4.90. The highest BCUT2D eigenvalue weighted by molar-refractivity contribution is 5.29. The summed E-state index contributed by atoms with van der Waals surface area (Å²) in [5.41, 5.74) is -0.249. The van der Waals surface area contributed by atoms with Gasteiger partial charge in [-0.25, -0.2) is 0 Å². The molecule has 1 aromatic rings. The van der Waals surface area contributed by atoms with Gasteiger partial charge in [0.2, 0.25) is 0 Å². The van der Waals surface area contributed by atoms with Crippen molar-refractivity contribution in [1.29, 1.82) is 0 Å². The van der Waals surface area contributed by atoms with Gasteiger partial charge in [-0.15, -0.1) is 0 Å². The van der Waals surface area contributed by atoms with E-state index < -0.39 is 17.3 Å². The van der Waals surface area contributed by atoms with E-state index in [0.717, 1.165) is 43.6 Å². The molecule has 100 valence electrons. The van der Waals surface area contributed by atoms with Crippen LogP contribution in [-0.4, -0.2) is 20.2 Å². The summed E-state index contributed by atoms with van der Waals surface area (Å²) in [6, 6.07) is 5.30. The van der Waals surface area contributed by atoms with Crippen molar-refractivity contribution < 1.29 is 17.9 Å². The lowest BCUT2D eigenvalue weighted by atomic mass is 9.84. The van der Waals surface area contributed by atoms with Gasteiger partial charge in [0.15, 0.2) is 0 Å². The van der Waals surface area contributed by atoms with Gasteiger partial charge in [-0.3, -0.25) is 0 Å². The number of hydrogen-bond acceptors (Lipinski definition) is 2. The summed E-state index contributed by atoms with van der Waals surface area (Å²) in [6.07, 6.45) is -2.74. The fraction of sp³-hybridized carbons (Fsp3) is 0.538. The molecule has 0 amide bonds. The zero-order valence-corrected chi connectivity index (χ0v) is 10.2. The van der Waals surface area contributed by atoms with Crippen LogP contribution in [0.5, 0.6) is 0 Å². The molecule has 1 aliphatic heterocycles. The van der Waals surface area contributed by atoms with E-state index >= 15 is 0 Å². The Morgan fingerprint density at radius 2 is 1.67 bits per heavy atom. The quantitative estimate of drug-likeness (QED) is 0.881. The average molecular weight is 259 g/mol. The molecule has 1 saturated heterocycles. The first kappa shape index (κ1) is 13.4. The van der Waals surface area contributed by atoms with Gasteiger partial charge >= 0.3 is 6.18 Å². The zero-order chi connectivity index (χ0) is 13.2. The predicted octanol–water partition coefficient (Wildman–Crippen LogP) is 2.93. The van der Waals surface area contributed by atoms with Crippen molar-refractivity contribution in [1.82, 2.24) is 5.32 Å². The molecule has 2 nitrogen and oxygen atoms in total. The normalized spacial score (nSPS) is 19.8. The smallest absolute Gasteiger partial charge is 0.373 e. The van der Waals surface area contributed by atoms with Crippen LogP contribution in [-0.2, 0) is 16.5 Å². The number of alkyl halides is 3. The van der Waals surface area contributed by atoms with Crippen LogP contribution in [0, 0.1) is 0 Å². The molecule has 1 aromatic carbocycles. The maximum atomic E-state index is 12.5. The zero-order valence-electron chi connectivity index (χ0n) is 10.2. The molecule has 0 atom stereocenters. The molecule has 18 heavy (non-hydrogen) atoms. The van der Waals surface area contributed by atoms with Crippen LogP contribution >= 0.6 is 0 Å². The summed E-state index contributed by atoms with van der Waals surface area (Å²) >= 11 is 0. The number of methoxy groups -OCH3 is 1. The van der Waals surface area contributed by atoms with Crippen molar-refractivity contribution >= 4 is 0 Å². The molecule has 0 unspecified atom stereocenters. The monoisotopic (exact) mass is 259 g/mol. The molecule has 0 aromatic heterocycles. The third-order valence-electron chi connectivity index (χ3n) is 3.54. The fourth-order valence-electron chi connectivity index (χ4n) is 2.40. The SMILES string of the molecule is COC1(c2ccc(C(F)(F)F)cc2)CCNCC1. The maximum absolute atomic E-state index is 12.5. The van der Waals surface area contributed by atoms with Crippen LogP contribution in [0.1, 0.15) is 24.0 Å². The second-order valence-corrected chi connectivity index (χ2v) is 4.52. The Bertz CT molecular complexity index is 394. The molecule has 0 bridgehead atoms. The molecule has 1 heterocycles. The van der Waals surface area contributed by atoms with Gasteiger partial charge < -0.3 is 10.1 Å². The summed E-state index contributed by atoms with van der Waals surface area (Å²) in [5, 5.41) is 3.22. The topological polar surface area (TPSA) is 21.3 Å². The molecule has 0 radical (unpaired) electrons. The van der Waals surface area contributed by atoms with Crippen LogP contribution in [0.4, 0.5) is 13.2 Å². The van der Waals surface area contributed by atoms with Gasteiger partial charge in [0.05, 0.1) is 11.2 Å². The predicted molar refractivity (Wildman–Crippen MR) is 62.2 cm³/mol. The number of ether oxygens (including phenoxy) is 1. The van der Waals surface area contributed by atoms with Crippen molar-refractivity contribution in [3.8, 4) is 0 Å². The maximum Gasteiger partial charge on any atom is 0.416 e. The van der Waals surface area contributed by atoms with E-state index in [2.05, 4.69) is 5.32 Å². The molecule has 0 saturated carbocycles. The Kier molecular flexibility index (Phi) is 3.64. The first-order chi connectivity index (χ1) is 8.48. The minimum absolute atomic E-state index is 0.449. The molecule has 1 fully saturated rings. The second-order valence-electron chi connectivity index (χ2n) is 4.52. The molecule has 5 heteroatoms. The van der Waals surface area contributed by atoms with E-state index in [9.17, 15) is 13.2 Å². The highest BCUT2D eigenvalue weighted by Gasteiger charge is 2.35. The van der Waals surface area contributed by atoms with Crippen LogP contribution in [0.3, 0.4) is 0 Å². The van der Waals surface area contributed by atoms with Gasteiger partial charge in [0, 0.05) is 7.11 Å². The average Bonchev–Trinajstić information content (AvgIpc) is 2.39. The molecular weight excluding hydrogens is 243 g/mol. The van der Waals surface area contributed by atoms with E-state index in [0.29, 0.717) is 0 Å². The van der Waals surface area contributed by atoms with Crippen molar-refractivity contribution in [3.05, 3.63) is 35.4 Å². The molecule has 1 N–H and O–H groups in total. The summed E-state index contributed by atoms with van der Waals surface area (Å²) in [4.78, 5) is 0. The lowest BCUT2D eigenvalue weighted by Crippen LogP contribution is -2.41. The van der Waals surface area contributed by atoms with Gasteiger partial charge in [-0.05, 0) is 43.6 Å². The number of nitrogens with one attached hydrogen (secondary N) is 1. The number of benzene rings is 1. The van der Waals surface area contributed by atoms with E-state index in [4.69, 9.17) is 4.74 Å². The Hall–Kier alpha value is -1.07. The van der Waals surface area contributed by atoms with Crippen LogP contribution < -0.4 is 5.32 Å². The lowest BCUT2D eigenvalue weighted by molar-refractivity contribution is -0.137. The third kappa shape index (κ3) is 2.52. The Balaban J connectivity index is 2.27. The van der Waals surface area contributed by atoms with Crippen molar-refractivity contribution in [2.75, 3.05) is 20.2 Å². The van der Waals surface area contributed by atoms with Crippen molar-refractivity contribution in [2.45, 2.75) is 24.6 Å². The molecule has 2 rings (SSSR count). The highest BCUT2D eigenvalue weighted by atomic mass is 19.4. The molecule has 1 aliphatic rings. The Labute approximate surface area is 104 Å². The van der Waals surface area contributed by atoms with E-state index in [1.807, 2.05) is 0 Å². The summed E-state index contributed by atoms with van der Waals surface area (Å²) in [7, 11) is 1.61. The first-order valence-corrected chi connectivity index (χ1v) is 5.91. The van der Waals surface area contributed by atoms with Crippen LogP contribution in [0.2, 0.25) is 0 Å². The molecule has 0 spiro atoms. The van der Waals surface area contributed by atoms with E-state index in [-0.39, 0.29) is 0 Å². The third-order valence-corrected chi connectivity index (χ3v) is 3.54. The van der Waals surface area contributed by atoms with Crippen molar-refractivity contribution in [3.63, 3.8) is 0 Å². The van der Waals surface area contributed by atoms with Gasteiger partial charge in [-0.2, -0.15) is 13.2 Å². The minimum Gasteiger partial charge on any atom is -0.373 e. The van der Waals surface area contributed by atoms with Gasteiger partial charge in [0.1, 0.15) is 0 Å². The van der Waals surface area contributed by atoms with Crippen LogP contribution in [0.15, 0.2) is 24.3 Å². The van der Waals surface area contributed by atoms with Gasteiger partial charge in [0.25, 0.3) is 0 Å². The Morgan fingerprint density at radius 3 is 2.11 bits per heavy atom. The summed E-state index contributed by atoms with van der Waals surface area (Å²) in [6.45, 7) is 1.63. The molecular formula is C13H16F3NO. The Morgan fingerprint density at radius 1 is 1.11 bits per heavy atom. The van der Waals surface area contributed by atoms with Crippen molar-refractivity contribution in [2.24, 2.45) is 0 Å². The highest BCUT2D eigenvalue weighted by Crippen LogP contribution is 2.36. The van der Waals surface area contributed by atoms with E-state index in [1.165, 1.54) is 12.1 Å². The van der Waals surface area contributed by atoms with Gasteiger partial charge in [-0.1, -0.05) is 12.1 Å².